The van der Waals surface area contributed by atoms with Gasteiger partial charge in [-0.2, -0.15) is 0 Å². The molecule has 4 rings (SSSR count). The van der Waals surface area contributed by atoms with Gasteiger partial charge in [-0.05, 0) is 49.8 Å². The highest BCUT2D eigenvalue weighted by molar-refractivity contribution is 6.39. The van der Waals surface area contributed by atoms with Crippen molar-refractivity contribution in [1.29, 1.82) is 0 Å². The molecule has 3 amide bonds. The predicted octanol–water partition coefficient (Wildman–Crippen LogP) is 2.75. The maximum Gasteiger partial charge on any atom is 0.313 e. The fourth-order valence-corrected chi connectivity index (χ4v) is 3.88. The Labute approximate surface area is 175 Å². The summed E-state index contributed by atoms with van der Waals surface area (Å²) in [4.78, 5) is 37.9. The SMILES string of the molecule is Cc1ccc(CC2CCN(C(=O)C(=O)Nc3ccc4c(c3)OCC(=O)N4)CC2)cc1. The van der Waals surface area contributed by atoms with Crippen LogP contribution in [0, 0.1) is 12.8 Å². The highest BCUT2D eigenvalue weighted by Gasteiger charge is 2.27. The molecule has 2 aliphatic rings. The number of anilines is 2. The zero-order chi connectivity index (χ0) is 21.1. The summed E-state index contributed by atoms with van der Waals surface area (Å²) in [6.07, 6.45) is 2.78. The van der Waals surface area contributed by atoms with E-state index in [1.54, 1.807) is 23.1 Å². The van der Waals surface area contributed by atoms with Gasteiger partial charge in [0.25, 0.3) is 5.91 Å². The number of nitrogens with zero attached hydrogens (tertiary/aromatic N) is 1. The highest BCUT2D eigenvalue weighted by atomic mass is 16.5. The van der Waals surface area contributed by atoms with Gasteiger partial charge in [0.1, 0.15) is 5.75 Å². The normalized spacial score (nSPS) is 16.3. The zero-order valence-electron chi connectivity index (χ0n) is 16.9. The molecule has 2 aromatic rings. The van der Waals surface area contributed by atoms with E-state index < -0.39 is 11.8 Å². The first-order valence-corrected chi connectivity index (χ1v) is 10.2. The van der Waals surface area contributed by atoms with Crippen LogP contribution in [0.25, 0.3) is 0 Å². The van der Waals surface area contributed by atoms with Crippen molar-refractivity contribution < 1.29 is 19.1 Å². The summed E-state index contributed by atoms with van der Waals surface area (Å²) in [5.41, 5.74) is 3.57. The van der Waals surface area contributed by atoms with Crippen LogP contribution in [0.2, 0.25) is 0 Å². The molecule has 0 spiro atoms. The number of hydrogen-bond acceptors (Lipinski definition) is 4. The summed E-state index contributed by atoms with van der Waals surface area (Å²) in [7, 11) is 0. The second-order valence-corrected chi connectivity index (χ2v) is 7.93. The van der Waals surface area contributed by atoms with Gasteiger partial charge >= 0.3 is 11.8 Å². The molecule has 0 bridgehead atoms. The van der Waals surface area contributed by atoms with Crippen molar-refractivity contribution in [3.63, 3.8) is 0 Å². The lowest BCUT2D eigenvalue weighted by Gasteiger charge is -2.31. The highest BCUT2D eigenvalue weighted by Crippen LogP contribution is 2.30. The number of rotatable bonds is 3. The summed E-state index contributed by atoms with van der Waals surface area (Å²) in [6.45, 7) is 3.18. The monoisotopic (exact) mass is 407 g/mol. The van der Waals surface area contributed by atoms with Gasteiger partial charge in [-0.1, -0.05) is 29.8 Å². The Morgan fingerprint density at radius 3 is 2.60 bits per heavy atom. The van der Waals surface area contributed by atoms with Gasteiger partial charge in [-0.3, -0.25) is 14.4 Å². The molecule has 0 saturated carbocycles. The van der Waals surface area contributed by atoms with E-state index >= 15 is 0 Å². The molecule has 1 fully saturated rings. The third-order valence-electron chi connectivity index (χ3n) is 5.61. The van der Waals surface area contributed by atoms with Crippen LogP contribution in [0.15, 0.2) is 42.5 Å². The smallest absolute Gasteiger partial charge is 0.313 e. The molecule has 0 atom stereocenters. The lowest BCUT2D eigenvalue weighted by Crippen LogP contribution is -2.44. The summed E-state index contributed by atoms with van der Waals surface area (Å²) in [5.74, 6) is -0.410. The van der Waals surface area contributed by atoms with E-state index in [0.717, 1.165) is 19.3 Å². The third-order valence-corrected chi connectivity index (χ3v) is 5.61. The quantitative estimate of drug-likeness (QED) is 0.766. The van der Waals surface area contributed by atoms with E-state index in [1.165, 1.54) is 11.1 Å². The van der Waals surface area contributed by atoms with E-state index in [2.05, 4.69) is 41.8 Å². The van der Waals surface area contributed by atoms with E-state index in [9.17, 15) is 14.4 Å². The molecule has 2 N–H and O–H groups in total. The van der Waals surface area contributed by atoms with Gasteiger partial charge in [0.2, 0.25) is 0 Å². The van der Waals surface area contributed by atoms with Gasteiger partial charge in [0.15, 0.2) is 6.61 Å². The number of nitrogens with one attached hydrogen (secondary N) is 2. The zero-order valence-corrected chi connectivity index (χ0v) is 16.9. The summed E-state index contributed by atoms with van der Waals surface area (Å²) < 4.78 is 5.34. The number of fused-ring (bicyclic) bond motifs is 1. The van der Waals surface area contributed by atoms with Crippen LogP contribution in [-0.2, 0) is 20.8 Å². The van der Waals surface area contributed by atoms with Gasteiger partial charge in [0.05, 0.1) is 5.69 Å². The van der Waals surface area contributed by atoms with Crippen molar-refractivity contribution in [1.82, 2.24) is 4.90 Å². The molecular weight excluding hydrogens is 382 g/mol. The number of ether oxygens (including phenoxy) is 1. The summed E-state index contributed by atoms with van der Waals surface area (Å²) in [5, 5.41) is 5.32. The van der Waals surface area contributed by atoms with Crippen LogP contribution in [0.3, 0.4) is 0 Å². The number of likely N-dealkylation sites (tertiary alicyclic amines) is 1. The largest absolute Gasteiger partial charge is 0.482 e. The molecule has 7 heteroatoms. The fraction of sp³-hybridized carbons (Fsp3) is 0.348. The Hall–Kier alpha value is -3.35. The molecule has 0 radical (unpaired) electrons. The molecule has 2 aliphatic heterocycles. The molecule has 156 valence electrons. The molecule has 0 aliphatic carbocycles. The van der Waals surface area contributed by atoms with Crippen LogP contribution in [0.5, 0.6) is 5.75 Å². The number of hydrogen-bond donors (Lipinski definition) is 2. The van der Waals surface area contributed by atoms with Crippen molar-refractivity contribution in [3.8, 4) is 5.75 Å². The molecule has 2 heterocycles. The Morgan fingerprint density at radius 2 is 1.87 bits per heavy atom. The maximum atomic E-state index is 12.6. The molecular formula is C23H25N3O4. The number of benzene rings is 2. The third kappa shape index (κ3) is 4.62. The van der Waals surface area contributed by atoms with Gasteiger partial charge < -0.3 is 20.3 Å². The number of piperidine rings is 1. The lowest BCUT2D eigenvalue weighted by molar-refractivity contribution is -0.144. The minimum atomic E-state index is -0.660. The topological polar surface area (TPSA) is 87.7 Å². The van der Waals surface area contributed by atoms with Gasteiger partial charge in [-0.15, -0.1) is 0 Å². The minimum absolute atomic E-state index is 0.0686. The van der Waals surface area contributed by atoms with Crippen LogP contribution >= 0.6 is 0 Å². The van der Waals surface area contributed by atoms with Crippen molar-refractivity contribution in [3.05, 3.63) is 53.6 Å². The van der Waals surface area contributed by atoms with Crippen LogP contribution in [0.1, 0.15) is 24.0 Å². The molecule has 1 saturated heterocycles. The van der Waals surface area contributed by atoms with Crippen LogP contribution in [0.4, 0.5) is 11.4 Å². The first-order valence-electron chi connectivity index (χ1n) is 10.2. The number of aryl methyl sites for hydroxylation is 1. The number of carbonyl (C=O) groups is 3. The minimum Gasteiger partial charge on any atom is -0.482 e. The maximum absolute atomic E-state index is 12.6. The van der Waals surface area contributed by atoms with E-state index in [-0.39, 0.29) is 12.5 Å². The van der Waals surface area contributed by atoms with Crippen LogP contribution < -0.4 is 15.4 Å². The van der Waals surface area contributed by atoms with Gasteiger partial charge in [0, 0.05) is 24.8 Å². The van der Waals surface area contributed by atoms with Gasteiger partial charge in [-0.25, -0.2) is 0 Å². The Morgan fingerprint density at radius 1 is 1.13 bits per heavy atom. The average Bonchev–Trinajstić information content (AvgIpc) is 2.75. The van der Waals surface area contributed by atoms with Crippen LogP contribution in [-0.4, -0.2) is 42.3 Å². The molecule has 0 unspecified atom stereocenters. The standard InChI is InChI=1S/C23H25N3O4/c1-15-2-4-16(5-3-15)12-17-8-10-26(11-9-17)23(29)22(28)24-18-6-7-19-20(13-18)30-14-21(27)25-19/h2-7,13,17H,8-12,14H2,1H3,(H,24,28)(H,25,27). The summed E-state index contributed by atoms with van der Waals surface area (Å²) in [6, 6.07) is 13.4. The first-order chi connectivity index (χ1) is 14.5. The summed E-state index contributed by atoms with van der Waals surface area (Å²) >= 11 is 0. The Kier molecular flexibility index (Phi) is 5.70. The van der Waals surface area contributed by atoms with Crippen molar-refractivity contribution >= 4 is 29.1 Å². The first kappa shape index (κ1) is 19.9. The second kappa shape index (κ2) is 8.57. The number of carbonyl (C=O) groups excluding carboxylic acids is 3. The average molecular weight is 407 g/mol. The fourth-order valence-electron chi connectivity index (χ4n) is 3.88. The molecule has 7 nitrogen and oxygen atoms in total. The van der Waals surface area contributed by atoms with Crippen molar-refractivity contribution in [2.24, 2.45) is 5.92 Å². The predicted molar refractivity (Wildman–Crippen MR) is 113 cm³/mol. The van der Waals surface area contributed by atoms with E-state index in [4.69, 9.17) is 4.74 Å². The van der Waals surface area contributed by atoms with Crippen molar-refractivity contribution in [2.75, 3.05) is 30.3 Å². The van der Waals surface area contributed by atoms with Crippen molar-refractivity contribution in [2.45, 2.75) is 26.2 Å². The molecule has 0 aromatic heterocycles. The number of amides is 3. The van der Waals surface area contributed by atoms with E-state index in [1.807, 2.05) is 0 Å². The lowest BCUT2D eigenvalue weighted by atomic mass is 9.90. The Bertz CT molecular complexity index is 963. The second-order valence-electron chi connectivity index (χ2n) is 7.93. The molecule has 2 aromatic carbocycles. The molecule has 30 heavy (non-hydrogen) atoms. The Balaban J connectivity index is 1.29. The van der Waals surface area contributed by atoms with E-state index in [0.29, 0.717) is 36.1 Å².